The molecule has 1 saturated heterocycles. The summed E-state index contributed by atoms with van der Waals surface area (Å²) in [6, 6.07) is 11.3. The van der Waals surface area contributed by atoms with Gasteiger partial charge >= 0.3 is 11.9 Å². The molecule has 2 atom stereocenters. The van der Waals surface area contributed by atoms with Crippen molar-refractivity contribution in [3.63, 3.8) is 0 Å². The first-order chi connectivity index (χ1) is 17.3. The summed E-state index contributed by atoms with van der Waals surface area (Å²) in [5.41, 5.74) is 1.43. The lowest BCUT2D eigenvalue weighted by atomic mass is 9.99. The number of carbonyl (C=O) groups excluding carboxylic acids is 1. The highest BCUT2D eigenvalue weighted by atomic mass is 19.1. The smallest absolute Gasteiger partial charge is 0.401 e. The number of carboxylic acids is 1. The summed E-state index contributed by atoms with van der Waals surface area (Å²) in [5.74, 6) is 3.79. The van der Waals surface area contributed by atoms with E-state index in [1.807, 2.05) is 0 Å². The van der Waals surface area contributed by atoms with Crippen LogP contribution in [0.5, 0.6) is 5.75 Å². The minimum atomic E-state index is -1.30. The molecule has 0 amide bonds. The van der Waals surface area contributed by atoms with E-state index in [2.05, 4.69) is 4.99 Å². The molecule has 3 N–H and O–H groups in total. The molecule has 1 fully saturated rings. The third-order valence-electron chi connectivity index (χ3n) is 5.99. The molecule has 0 aromatic heterocycles. The second-order valence-electron chi connectivity index (χ2n) is 8.80. The van der Waals surface area contributed by atoms with Gasteiger partial charge in [0.1, 0.15) is 18.2 Å². The van der Waals surface area contributed by atoms with Crippen molar-refractivity contribution in [1.82, 2.24) is 0 Å². The SMILES string of the molecule is N[N+]1(OC(=O)/C(=C\C(=O)O)c2ccc(Cc3ccc(OCC4CCCCO4)cc3F)cc2)C=NCC1. The molecule has 0 radical (unpaired) electrons. The van der Waals surface area contributed by atoms with E-state index >= 15 is 0 Å². The Balaban J connectivity index is 1.41. The van der Waals surface area contributed by atoms with Crippen molar-refractivity contribution in [3.05, 3.63) is 71.0 Å². The van der Waals surface area contributed by atoms with Crippen molar-refractivity contribution in [2.24, 2.45) is 10.8 Å². The van der Waals surface area contributed by atoms with E-state index in [4.69, 9.17) is 20.2 Å². The minimum Gasteiger partial charge on any atom is -0.491 e. The van der Waals surface area contributed by atoms with Crippen molar-refractivity contribution in [3.8, 4) is 5.75 Å². The zero-order chi connectivity index (χ0) is 25.5. The molecule has 0 spiro atoms. The predicted molar refractivity (Wildman–Crippen MR) is 129 cm³/mol. The first kappa shape index (κ1) is 25.5. The van der Waals surface area contributed by atoms with Gasteiger partial charge in [-0.15, -0.1) is 5.84 Å². The predicted octanol–water partition coefficient (Wildman–Crippen LogP) is 3.02. The maximum absolute atomic E-state index is 14.7. The Morgan fingerprint density at radius 1 is 1.22 bits per heavy atom. The summed E-state index contributed by atoms with van der Waals surface area (Å²) in [4.78, 5) is 33.2. The molecular formula is C26H29FN3O6+. The van der Waals surface area contributed by atoms with Crippen LogP contribution in [0, 0.1) is 5.82 Å². The van der Waals surface area contributed by atoms with Crippen LogP contribution in [0.3, 0.4) is 0 Å². The standard InChI is InChI=1S/C26H28FN3O6/c27-24-14-21(35-16-22-3-1-2-12-34-22)9-8-20(24)13-18-4-6-19(7-5-18)23(15-25(31)32)26(33)36-30(28)11-10-29-17-30/h4-9,14-15,17,22H,1-3,10-13,16,28H2/p+1/b23-15-. The van der Waals surface area contributed by atoms with Crippen LogP contribution in [0.15, 0.2) is 53.5 Å². The summed E-state index contributed by atoms with van der Waals surface area (Å²) < 4.78 is 25.4. The number of carboxylic acid groups (broad SMARTS) is 1. The summed E-state index contributed by atoms with van der Waals surface area (Å²) in [6.07, 6.45) is 5.51. The van der Waals surface area contributed by atoms with Crippen molar-refractivity contribution in [2.75, 3.05) is 26.3 Å². The molecule has 2 aromatic rings. The molecule has 10 heteroatoms. The van der Waals surface area contributed by atoms with Crippen LogP contribution in [-0.4, -0.2) is 60.5 Å². The molecule has 2 unspecified atom stereocenters. The Morgan fingerprint density at radius 2 is 2.03 bits per heavy atom. The fraction of sp³-hybridized carbons (Fsp3) is 0.346. The maximum atomic E-state index is 14.7. The number of rotatable bonds is 9. The fourth-order valence-corrected chi connectivity index (χ4v) is 4.04. The molecule has 9 nitrogen and oxygen atoms in total. The van der Waals surface area contributed by atoms with Crippen molar-refractivity contribution >= 4 is 23.9 Å². The number of quaternary nitrogens is 1. The highest BCUT2D eigenvalue weighted by Crippen LogP contribution is 2.23. The van der Waals surface area contributed by atoms with Gasteiger partial charge in [-0.1, -0.05) is 30.3 Å². The molecule has 2 aliphatic heterocycles. The van der Waals surface area contributed by atoms with Crippen LogP contribution >= 0.6 is 0 Å². The van der Waals surface area contributed by atoms with E-state index in [-0.39, 0.29) is 24.0 Å². The highest BCUT2D eigenvalue weighted by molar-refractivity contribution is 6.20. The average molecular weight is 499 g/mol. The molecule has 2 aromatic carbocycles. The Labute approximate surface area is 208 Å². The lowest BCUT2D eigenvalue weighted by Crippen LogP contribution is -2.53. The fourth-order valence-electron chi connectivity index (χ4n) is 4.04. The van der Waals surface area contributed by atoms with E-state index in [0.29, 0.717) is 36.4 Å². The third-order valence-corrected chi connectivity index (χ3v) is 5.99. The largest absolute Gasteiger partial charge is 0.491 e. The summed E-state index contributed by atoms with van der Waals surface area (Å²) in [7, 11) is 0. The molecule has 4 rings (SSSR count). The zero-order valence-electron chi connectivity index (χ0n) is 19.8. The Bertz CT molecular complexity index is 1160. The summed E-state index contributed by atoms with van der Waals surface area (Å²) >= 11 is 0. The summed E-state index contributed by atoms with van der Waals surface area (Å²) in [5, 5.41) is 9.23. The first-order valence-electron chi connectivity index (χ1n) is 11.8. The molecule has 2 aliphatic rings. The third kappa shape index (κ3) is 6.75. The minimum absolute atomic E-state index is 0.0398. The van der Waals surface area contributed by atoms with Gasteiger partial charge in [0.25, 0.3) is 0 Å². The Hall–Kier alpha value is -3.60. The Morgan fingerprint density at radius 3 is 2.67 bits per heavy atom. The number of ether oxygens (including phenoxy) is 2. The van der Waals surface area contributed by atoms with Gasteiger partial charge in [0.15, 0.2) is 6.54 Å². The van der Waals surface area contributed by atoms with Gasteiger partial charge in [0, 0.05) is 25.2 Å². The molecule has 190 valence electrons. The lowest BCUT2D eigenvalue weighted by Gasteiger charge is -2.22. The van der Waals surface area contributed by atoms with Gasteiger partial charge in [-0.3, -0.25) is 0 Å². The second-order valence-corrected chi connectivity index (χ2v) is 8.80. The number of nitrogens with zero attached hydrogens (tertiary/aromatic N) is 2. The van der Waals surface area contributed by atoms with E-state index in [9.17, 15) is 19.1 Å². The van der Waals surface area contributed by atoms with Gasteiger partial charge in [-0.25, -0.2) is 23.8 Å². The number of halogens is 1. The number of aliphatic imine (C=N–C) groups is 1. The summed E-state index contributed by atoms with van der Waals surface area (Å²) in [6.45, 7) is 1.78. The number of benzene rings is 2. The van der Waals surface area contributed by atoms with Crippen molar-refractivity contribution in [1.29, 1.82) is 0 Å². The van der Waals surface area contributed by atoms with Crippen molar-refractivity contribution in [2.45, 2.75) is 31.8 Å². The molecule has 0 bridgehead atoms. The lowest BCUT2D eigenvalue weighted by molar-refractivity contribution is -1.02. The van der Waals surface area contributed by atoms with E-state index in [0.717, 1.165) is 37.5 Å². The van der Waals surface area contributed by atoms with Crippen LogP contribution in [0.1, 0.15) is 36.0 Å². The van der Waals surface area contributed by atoms with Crippen LogP contribution < -0.4 is 10.6 Å². The van der Waals surface area contributed by atoms with Crippen molar-refractivity contribution < 1.29 is 38.2 Å². The number of hydroxylamine groups is 2. The Kier molecular flexibility index (Phi) is 8.09. The molecule has 0 saturated carbocycles. The number of hydrogen-bond donors (Lipinski definition) is 2. The van der Waals surface area contributed by atoms with Gasteiger partial charge in [-0.2, -0.15) is 0 Å². The molecule has 2 heterocycles. The van der Waals surface area contributed by atoms with Gasteiger partial charge in [0.2, 0.25) is 6.34 Å². The van der Waals surface area contributed by atoms with Crippen LogP contribution in [0.2, 0.25) is 0 Å². The number of hydrogen-bond acceptors (Lipinski definition) is 7. The van der Waals surface area contributed by atoms with Gasteiger partial charge in [0.05, 0.1) is 18.2 Å². The number of nitrogens with two attached hydrogens (primary N) is 1. The van der Waals surface area contributed by atoms with Gasteiger partial charge < -0.3 is 14.6 Å². The van der Waals surface area contributed by atoms with E-state index in [1.54, 1.807) is 36.4 Å². The number of aliphatic carboxylic acids is 1. The van der Waals surface area contributed by atoms with E-state index < -0.39 is 16.7 Å². The van der Waals surface area contributed by atoms with Crippen LogP contribution in [-0.2, 0) is 25.6 Å². The first-order valence-corrected chi connectivity index (χ1v) is 11.8. The molecule has 36 heavy (non-hydrogen) atoms. The monoisotopic (exact) mass is 498 g/mol. The normalized spacial score (nSPS) is 21.8. The average Bonchev–Trinajstić information content (AvgIpc) is 3.29. The highest BCUT2D eigenvalue weighted by Gasteiger charge is 2.33. The molecule has 0 aliphatic carbocycles. The second kappa shape index (κ2) is 11.4. The maximum Gasteiger partial charge on any atom is 0.401 e. The topological polar surface area (TPSA) is 120 Å². The van der Waals surface area contributed by atoms with Gasteiger partial charge in [-0.05, 0) is 46.8 Å². The quantitative estimate of drug-likeness (QED) is 0.310. The molecular weight excluding hydrogens is 469 g/mol. The van der Waals surface area contributed by atoms with E-state index in [1.165, 1.54) is 12.4 Å². The van der Waals surface area contributed by atoms with Crippen LogP contribution in [0.4, 0.5) is 4.39 Å². The van der Waals surface area contributed by atoms with Crippen LogP contribution in [0.25, 0.3) is 5.57 Å². The zero-order valence-corrected chi connectivity index (χ0v) is 19.8. The number of carbonyl (C=O) groups is 2.